The third-order valence-electron chi connectivity index (χ3n) is 4.30. The van der Waals surface area contributed by atoms with Crippen molar-refractivity contribution in [2.75, 3.05) is 5.32 Å². The van der Waals surface area contributed by atoms with Crippen LogP contribution < -0.4 is 5.32 Å². The van der Waals surface area contributed by atoms with E-state index in [-0.39, 0.29) is 11.9 Å². The van der Waals surface area contributed by atoms with Crippen LogP contribution in [0.5, 0.6) is 0 Å². The molecule has 0 saturated heterocycles. The highest BCUT2D eigenvalue weighted by molar-refractivity contribution is 5.89. The van der Waals surface area contributed by atoms with Crippen LogP contribution in [0.3, 0.4) is 0 Å². The Kier molecular flexibility index (Phi) is 5.71. The van der Waals surface area contributed by atoms with Gasteiger partial charge in [0.25, 0.3) is 0 Å². The second kappa shape index (κ2) is 8.36. The van der Waals surface area contributed by atoms with E-state index in [1.165, 1.54) is 12.1 Å². The molecule has 3 aromatic rings. The monoisotopic (exact) mass is 360 g/mol. The summed E-state index contributed by atoms with van der Waals surface area (Å²) in [6.07, 6.45) is 1.69. The molecule has 5 heteroatoms. The van der Waals surface area contributed by atoms with Gasteiger partial charge >= 0.3 is 0 Å². The Hall–Kier alpha value is -3.34. The van der Waals surface area contributed by atoms with E-state index in [2.05, 4.69) is 46.1 Å². The van der Waals surface area contributed by atoms with Gasteiger partial charge in [-0.05, 0) is 44.3 Å². The lowest BCUT2D eigenvalue weighted by atomic mass is 10.1. The molecule has 0 amide bonds. The molecule has 0 bridgehead atoms. The van der Waals surface area contributed by atoms with Gasteiger partial charge in [0.05, 0.1) is 17.4 Å². The van der Waals surface area contributed by atoms with E-state index in [0.29, 0.717) is 22.9 Å². The molecule has 27 heavy (non-hydrogen) atoms. The van der Waals surface area contributed by atoms with Gasteiger partial charge in [0.15, 0.2) is 0 Å². The molecule has 0 saturated carbocycles. The number of anilines is 1. The number of benzene rings is 2. The lowest BCUT2D eigenvalue weighted by Crippen LogP contribution is -2.10. The maximum Gasteiger partial charge on any atom is 0.223 e. The van der Waals surface area contributed by atoms with Crippen molar-refractivity contribution < 1.29 is 4.39 Å². The first-order chi connectivity index (χ1) is 13.1. The van der Waals surface area contributed by atoms with Crippen molar-refractivity contribution in [2.45, 2.75) is 19.9 Å². The van der Waals surface area contributed by atoms with Crippen LogP contribution in [0.15, 0.2) is 71.9 Å². The normalized spacial score (nSPS) is 12.9. The standard InChI is InChI=1S/C22H21FN4/c1-15(21(24-3)18-10-7-11-19(23)14-18)20-12-13-25-22(27-20)26-16(2)17-8-5-4-6-9-17/h4-14,16H,3H2,1-2H3,(H,25,26,27)/b21-15+. The predicted molar refractivity (Wildman–Crippen MR) is 109 cm³/mol. The van der Waals surface area contributed by atoms with E-state index in [1.54, 1.807) is 24.4 Å². The van der Waals surface area contributed by atoms with E-state index in [1.807, 2.05) is 25.1 Å². The largest absolute Gasteiger partial charge is 0.348 e. The average molecular weight is 360 g/mol. The van der Waals surface area contributed by atoms with Crippen LogP contribution in [-0.2, 0) is 0 Å². The minimum absolute atomic E-state index is 0.0611. The summed E-state index contributed by atoms with van der Waals surface area (Å²) in [5.74, 6) is 0.203. The van der Waals surface area contributed by atoms with Gasteiger partial charge in [0.2, 0.25) is 5.95 Å². The fourth-order valence-corrected chi connectivity index (χ4v) is 2.84. The lowest BCUT2D eigenvalue weighted by Gasteiger charge is -2.15. The lowest BCUT2D eigenvalue weighted by molar-refractivity contribution is 0.627. The zero-order chi connectivity index (χ0) is 19.2. The van der Waals surface area contributed by atoms with Crippen molar-refractivity contribution in [3.05, 3.63) is 89.5 Å². The number of nitrogens with one attached hydrogen (secondary N) is 1. The first-order valence-corrected chi connectivity index (χ1v) is 8.67. The van der Waals surface area contributed by atoms with Crippen molar-refractivity contribution in [2.24, 2.45) is 4.99 Å². The molecule has 1 heterocycles. The van der Waals surface area contributed by atoms with Crippen LogP contribution in [0.4, 0.5) is 10.3 Å². The molecule has 0 spiro atoms. The third-order valence-corrected chi connectivity index (χ3v) is 4.30. The van der Waals surface area contributed by atoms with E-state index in [0.717, 1.165) is 11.1 Å². The van der Waals surface area contributed by atoms with Crippen molar-refractivity contribution in [3.8, 4) is 0 Å². The molecule has 0 aliphatic rings. The van der Waals surface area contributed by atoms with Crippen molar-refractivity contribution in [1.29, 1.82) is 0 Å². The summed E-state index contributed by atoms with van der Waals surface area (Å²) < 4.78 is 13.6. The van der Waals surface area contributed by atoms with Gasteiger partial charge in [-0.1, -0.05) is 42.5 Å². The van der Waals surface area contributed by atoms with Crippen molar-refractivity contribution in [3.63, 3.8) is 0 Å². The van der Waals surface area contributed by atoms with Crippen molar-refractivity contribution in [1.82, 2.24) is 9.97 Å². The Morgan fingerprint density at radius 1 is 1.11 bits per heavy atom. The number of allylic oxidation sites excluding steroid dienone is 1. The zero-order valence-corrected chi connectivity index (χ0v) is 15.4. The number of hydrogen-bond acceptors (Lipinski definition) is 4. The average Bonchev–Trinajstić information content (AvgIpc) is 2.69. The molecular formula is C22H21FN4. The van der Waals surface area contributed by atoms with Crippen LogP contribution in [0.2, 0.25) is 0 Å². The minimum atomic E-state index is -0.317. The third kappa shape index (κ3) is 4.44. The highest BCUT2D eigenvalue weighted by Gasteiger charge is 2.11. The van der Waals surface area contributed by atoms with Gasteiger partial charge in [-0.2, -0.15) is 0 Å². The Morgan fingerprint density at radius 3 is 2.59 bits per heavy atom. The summed E-state index contributed by atoms with van der Waals surface area (Å²) in [5, 5.41) is 3.31. The number of halogens is 1. The van der Waals surface area contributed by atoms with Gasteiger partial charge in [-0.25, -0.2) is 14.4 Å². The molecule has 0 aliphatic heterocycles. The molecule has 0 fully saturated rings. The number of aliphatic imine (C=N–C) groups is 1. The Morgan fingerprint density at radius 2 is 1.89 bits per heavy atom. The summed E-state index contributed by atoms with van der Waals surface area (Å²) in [7, 11) is 0. The summed E-state index contributed by atoms with van der Waals surface area (Å²) >= 11 is 0. The molecule has 1 unspecified atom stereocenters. The first kappa shape index (κ1) is 18.5. The van der Waals surface area contributed by atoms with Gasteiger partial charge in [0, 0.05) is 17.3 Å². The molecular weight excluding hydrogens is 339 g/mol. The highest BCUT2D eigenvalue weighted by Crippen LogP contribution is 2.27. The Balaban J connectivity index is 1.91. The molecule has 1 atom stereocenters. The van der Waals surface area contributed by atoms with Crippen LogP contribution in [0, 0.1) is 5.82 Å². The molecule has 0 radical (unpaired) electrons. The van der Waals surface area contributed by atoms with E-state index >= 15 is 0 Å². The fourth-order valence-electron chi connectivity index (χ4n) is 2.84. The second-order valence-corrected chi connectivity index (χ2v) is 6.18. The van der Waals surface area contributed by atoms with Crippen LogP contribution in [0.25, 0.3) is 11.3 Å². The summed E-state index contributed by atoms with van der Waals surface area (Å²) in [6.45, 7) is 7.58. The molecule has 1 N–H and O–H groups in total. The van der Waals surface area contributed by atoms with Gasteiger partial charge in [-0.15, -0.1) is 0 Å². The zero-order valence-electron chi connectivity index (χ0n) is 15.4. The Labute approximate surface area is 158 Å². The summed E-state index contributed by atoms with van der Waals surface area (Å²) in [6, 6.07) is 18.2. The van der Waals surface area contributed by atoms with Crippen LogP contribution in [-0.4, -0.2) is 16.7 Å². The Bertz CT molecular complexity index is 967. The van der Waals surface area contributed by atoms with Crippen LogP contribution in [0.1, 0.15) is 36.7 Å². The van der Waals surface area contributed by atoms with E-state index in [9.17, 15) is 4.39 Å². The topological polar surface area (TPSA) is 50.2 Å². The van der Waals surface area contributed by atoms with Gasteiger partial charge in [0.1, 0.15) is 5.82 Å². The van der Waals surface area contributed by atoms with E-state index in [4.69, 9.17) is 0 Å². The summed E-state index contributed by atoms with van der Waals surface area (Å²) in [4.78, 5) is 13.0. The SMILES string of the molecule is C=N/C(=C(\C)c1ccnc(NC(C)c2ccccc2)n1)c1cccc(F)c1. The number of hydrogen-bond donors (Lipinski definition) is 1. The quantitative estimate of drug-likeness (QED) is 0.601. The smallest absolute Gasteiger partial charge is 0.223 e. The summed E-state index contributed by atoms with van der Waals surface area (Å²) in [5.41, 5.74) is 3.91. The number of rotatable bonds is 6. The first-order valence-electron chi connectivity index (χ1n) is 8.67. The molecule has 4 nitrogen and oxygen atoms in total. The van der Waals surface area contributed by atoms with Gasteiger partial charge < -0.3 is 5.32 Å². The fraction of sp³-hybridized carbons (Fsp3) is 0.136. The molecule has 3 rings (SSSR count). The van der Waals surface area contributed by atoms with E-state index < -0.39 is 0 Å². The van der Waals surface area contributed by atoms with Gasteiger partial charge in [-0.3, -0.25) is 4.99 Å². The maximum atomic E-state index is 13.6. The molecule has 0 aliphatic carbocycles. The molecule has 2 aromatic carbocycles. The molecule has 136 valence electrons. The highest BCUT2D eigenvalue weighted by atomic mass is 19.1. The van der Waals surface area contributed by atoms with Crippen LogP contribution >= 0.6 is 0 Å². The molecule has 1 aromatic heterocycles. The number of nitrogens with zero attached hydrogens (tertiary/aromatic N) is 3. The second-order valence-electron chi connectivity index (χ2n) is 6.18. The minimum Gasteiger partial charge on any atom is -0.348 e. The predicted octanol–water partition coefficient (Wildman–Crippen LogP) is 5.38. The van der Waals surface area contributed by atoms with Crippen molar-refractivity contribution >= 4 is 23.9 Å². The number of aromatic nitrogens is 2. The maximum absolute atomic E-state index is 13.6.